The second kappa shape index (κ2) is 9.98. The van der Waals surface area contributed by atoms with Crippen LogP contribution < -0.4 is 4.74 Å². The van der Waals surface area contributed by atoms with E-state index in [2.05, 4.69) is 4.74 Å². The number of benzene rings is 3. The minimum atomic E-state index is -0.535. The van der Waals surface area contributed by atoms with Crippen molar-refractivity contribution >= 4 is 23.5 Å². The van der Waals surface area contributed by atoms with E-state index in [0.717, 1.165) is 11.1 Å². The molecule has 0 heterocycles. The molecule has 0 spiro atoms. The minimum Gasteiger partial charge on any atom is -0.489 e. The number of nitrogens with zero attached hydrogens (tertiary/aromatic N) is 1. The number of non-ortho nitro benzene ring substituents is 1. The zero-order valence-electron chi connectivity index (χ0n) is 16.7. The SMILES string of the molecule is COC(=O)c1ccc(COc2ccc(/C=C/C(=O)c3cccc([N+](=O)[O-])c3)cc2)cc1. The molecular weight excluding hydrogens is 398 g/mol. The minimum absolute atomic E-state index is 0.124. The summed E-state index contributed by atoms with van der Waals surface area (Å²) in [5.41, 5.74) is 2.29. The quantitative estimate of drug-likeness (QED) is 0.171. The number of ketones is 1. The van der Waals surface area contributed by atoms with Gasteiger partial charge in [0.1, 0.15) is 12.4 Å². The maximum Gasteiger partial charge on any atom is 0.337 e. The fourth-order valence-electron chi connectivity index (χ4n) is 2.74. The van der Waals surface area contributed by atoms with Gasteiger partial charge in [0.15, 0.2) is 5.78 Å². The van der Waals surface area contributed by atoms with Crippen molar-refractivity contribution in [3.05, 3.63) is 111 Å². The summed E-state index contributed by atoms with van der Waals surface area (Å²) in [5.74, 6) is -0.0567. The lowest BCUT2D eigenvalue weighted by atomic mass is 10.1. The number of nitro groups is 1. The molecule has 0 aromatic heterocycles. The van der Waals surface area contributed by atoms with Crippen LogP contribution in [0.2, 0.25) is 0 Å². The van der Waals surface area contributed by atoms with Gasteiger partial charge in [-0.3, -0.25) is 14.9 Å². The fourth-order valence-corrected chi connectivity index (χ4v) is 2.74. The van der Waals surface area contributed by atoms with Crippen molar-refractivity contribution in [3.8, 4) is 5.75 Å². The monoisotopic (exact) mass is 417 g/mol. The van der Waals surface area contributed by atoms with Crippen LogP contribution in [0.5, 0.6) is 5.75 Å². The van der Waals surface area contributed by atoms with E-state index in [1.54, 1.807) is 54.6 Å². The van der Waals surface area contributed by atoms with Gasteiger partial charge in [-0.15, -0.1) is 0 Å². The van der Waals surface area contributed by atoms with Gasteiger partial charge >= 0.3 is 5.97 Å². The molecule has 0 aliphatic carbocycles. The number of hydrogen-bond donors (Lipinski definition) is 0. The Bertz CT molecular complexity index is 1120. The van der Waals surface area contributed by atoms with E-state index in [1.807, 2.05) is 0 Å². The van der Waals surface area contributed by atoms with Crippen molar-refractivity contribution < 1.29 is 24.0 Å². The van der Waals surface area contributed by atoms with E-state index < -0.39 is 4.92 Å². The molecule has 0 bridgehead atoms. The Morgan fingerprint density at radius 2 is 1.68 bits per heavy atom. The second-order valence-corrected chi connectivity index (χ2v) is 6.55. The van der Waals surface area contributed by atoms with E-state index >= 15 is 0 Å². The van der Waals surface area contributed by atoms with E-state index in [9.17, 15) is 19.7 Å². The van der Waals surface area contributed by atoms with E-state index in [-0.39, 0.29) is 23.0 Å². The summed E-state index contributed by atoms with van der Waals surface area (Å²) in [7, 11) is 1.34. The number of methoxy groups -OCH3 is 1. The van der Waals surface area contributed by atoms with Crippen LogP contribution in [0.1, 0.15) is 31.8 Å². The van der Waals surface area contributed by atoms with Crippen LogP contribution in [0.15, 0.2) is 78.9 Å². The molecule has 0 unspecified atom stereocenters. The molecule has 3 aromatic rings. The van der Waals surface area contributed by atoms with Gasteiger partial charge in [0.25, 0.3) is 5.69 Å². The smallest absolute Gasteiger partial charge is 0.337 e. The first kappa shape index (κ1) is 21.4. The van der Waals surface area contributed by atoms with E-state index in [0.29, 0.717) is 17.9 Å². The largest absolute Gasteiger partial charge is 0.489 e. The van der Waals surface area contributed by atoms with Gasteiger partial charge in [0.2, 0.25) is 0 Å². The van der Waals surface area contributed by atoms with Crippen molar-refractivity contribution in [1.82, 2.24) is 0 Å². The highest BCUT2D eigenvalue weighted by atomic mass is 16.6. The Kier molecular flexibility index (Phi) is 6.90. The number of esters is 1. The summed E-state index contributed by atoms with van der Waals surface area (Å²) in [6.07, 6.45) is 3.01. The zero-order chi connectivity index (χ0) is 22.2. The van der Waals surface area contributed by atoms with E-state index in [1.165, 1.54) is 37.5 Å². The molecule has 0 saturated heterocycles. The molecule has 7 heteroatoms. The number of carbonyl (C=O) groups is 2. The first-order valence-corrected chi connectivity index (χ1v) is 9.33. The second-order valence-electron chi connectivity index (χ2n) is 6.55. The predicted octanol–water partition coefficient (Wildman–Crippen LogP) is 4.86. The van der Waals surface area contributed by atoms with Crippen LogP contribution in [0.3, 0.4) is 0 Å². The molecule has 0 aliphatic rings. The molecule has 156 valence electrons. The third-order valence-corrected chi connectivity index (χ3v) is 4.43. The highest BCUT2D eigenvalue weighted by molar-refractivity contribution is 6.07. The molecule has 0 aliphatic heterocycles. The molecule has 31 heavy (non-hydrogen) atoms. The first-order valence-electron chi connectivity index (χ1n) is 9.33. The molecule has 0 fully saturated rings. The van der Waals surface area contributed by atoms with Crippen LogP contribution >= 0.6 is 0 Å². The topological polar surface area (TPSA) is 95.7 Å². The Morgan fingerprint density at radius 1 is 0.968 bits per heavy atom. The lowest BCUT2D eigenvalue weighted by molar-refractivity contribution is -0.384. The van der Waals surface area contributed by atoms with Crippen LogP contribution in [-0.2, 0) is 11.3 Å². The lowest BCUT2D eigenvalue weighted by Gasteiger charge is -2.07. The van der Waals surface area contributed by atoms with Crippen LogP contribution in [0.4, 0.5) is 5.69 Å². The molecular formula is C24H19NO6. The summed E-state index contributed by atoms with van der Waals surface area (Å²) in [4.78, 5) is 34.0. The van der Waals surface area contributed by atoms with Crippen molar-refractivity contribution in [3.63, 3.8) is 0 Å². The fraction of sp³-hybridized carbons (Fsp3) is 0.0833. The van der Waals surface area contributed by atoms with Crippen LogP contribution in [-0.4, -0.2) is 23.8 Å². The molecule has 7 nitrogen and oxygen atoms in total. The first-order chi connectivity index (χ1) is 15.0. The van der Waals surface area contributed by atoms with E-state index in [4.69, 9.17) is 4.74 Å². The Balaban J connectivity index is 1.57. The third kappa shape index (κ3) is 5.86. The number of rotatable bonds is 8. The maximum absolute atomic E-state index is 12.2. The third-order valence-electron chi connectivity index (χ3n) is 4.43. The van der Waals surface area contributed by atoms with Gasteiger partial charge in [-0.1, -0.05) is 42.5 Å². The number of hydrogen-bond acceptors (Lipinski definition) is 6. The number of carbonyl (C=O) groups excluding carboxylic acids is 2. The highest BCUT2D eigenvalue weighted by Crippen LogP contribution is 2.17. The summed E-state index contributed by atoms with van der Waals surface area (Å²) >= 11 is 0. The zero-order valence-corrected chi connectivity index (χ0v) is 16.7. The lowest BCUT2D eigenvalue weighted by Crippen LogP contribution is -2.01. The average Bonchev–Trinajstić information content (AvgIpc) is 2.81. The van der Waals surface area contributed by atoms with Gasteiger partial charge in [-0.05, 0) is 41.5 Å². The van der Waals surface area contributed by atoms with Gasteiger partial charge < -0.3 is 9.47 Å². The Labute approximate surface area is 178 Å². The van der Waals surface area contributed by atoms with Gasteiger partial charge in [-0.2, -0.15) is 0 Å². The molecule has 3 aromatic carbocycles. The normalized spacial score (nSPS) is 10.6. The maximum atomic E-state index is 12.2. The molecule has 0 saturated carbocycles. The summed E-state index contributed by atoms with van der Waals surface area (Å²) < 4.78 is 10.4. The predicted molar refractivity (Wildman–Crippen MR) is 115 cm³/mol. The van der Waals surface area contributed by atoms with Crippen molar-refractivity contribution in [2.75, 3.05) is 7.11 Å². The average molecular weight is 417 g/mol. The number of nitro benzene ring substituents is 1. The van der Waals surface area contributed by atoms with Gasteiger partial charge in [0, 0.05) is 17.7 Å². The van der Waals surface area contributed by atoms with Gasteiger partial charge in [-0.25, -0.2) is 4.79 Å². The summed E-state index contributed by atoms with van der Waals surface area (Å²) in [5, 5.41) is 10.8. The van der Waals surface area contributed by atoms with Gasteiger partial charge in [0.05, 0.1) is 17.6 Å². The molecule has 0 amide bonds. The summed E-state index contributed by atoms with van der Waals surface area (Å²) in [6, 6.07) is 19.7. The molecule has 3 rings (SSSR count). The highest BCUT2D eigenvalue weighted by Gasteiger charge is 2.09. The standard InChI is InChI=1S/C24H19NO6/c1-30-24(27)19-10-5-18(6-11-19)16-31-22-12-7-17(8-13-22)9-14-23(26)20-3-2-4-21(15-20)25(28)29/h2-15H,16H2,1H3/b14-9+. The molecule has 0 radical (unpaired) electrons. The molecule has 0 N–H and O–H groups in total. The Morgan fingerprint density at radius 3 is 2.32 bits per heavy atom. The molecule has 0 atom stereocenters. The van der Waals surface area contributed by atoms with Crippen molar-refractivity contribution in [1.29, 1.82) is 0 Å². The van der Waals surface area contributed by atoms with Crippen LogP contribution in [0, 0.1) is 10.1 Å². The van der Waals surface area contributed by atoms with Crippen molar-refractivity contribution in [2.24, 2.45) is 0 Å². The number of ether oxygens (including phenoxy) is 2. The Hall–Kier alpha value is -4.26. The van der Waals surface area contributed by atoms with Crippen LogP contribution in [0.25, 0.3) is 6.08 Å². The summed E-state index contributed by atoms with van der Waals surface area (Å²) in [6.45, 7) is 0.335. The van der Waals surface area contributed by atoms with Crippen molar-refractivity contribution in [2.45, 2.75) is 6.61 Å². The number of allylic oxidation sites excluding steroid dienone is 1.